The van der Waals surface area contributed by atoms with Crippen LogP contribution >= 0.6 is 31.9 Å². The van der Waals surface area contributed by atoms with Crippen LogP contribution in [0, 0.1) is 0 Å². The summed E-state index contributed by atoms with van der Waals surface area (Å²) in [5.41, 5.74) is 0.528. The highest BCUT2D eigenvalue weighted by atomic mass is 79.9. The van der Waals surface area contributed by atoms with Gasteiger partial charge in [-0.1, -0.05) is 15.9 Å². The Balaban J connectivity index is 2.35. The van der Waals surface area contributed by atoms with Crippen molar-refractivity contribution < 1.29 is 17.1 Å². The Bertz CT molecular complexity index is 605. The Hall–Kier alpha value is -0.470. The molecule has 8 heteroatoms. The predicted octanol–water partition coefficient (Wildman–Crippen LogP) is 2.62. The van der Waals surface area contributed by atoms with Crippen molar-refractivity contribution in [3.05, 3.63) is 27.1 Å². The van der Waals surface area contributed by atoms with Gasteiger partial charge in [-0.3, -0.25) is 4.79 Å². The summed E-state index contributed by atoms with van der Waals surface area (Å²) in [5.74, 6) is -0.403. The van der Waals surface area contributed by atoms with Crippen molar-refractivity contribution in [1.82, 2.24) is 0 Å². The molecule has 98 valence electrons. The first-order valence-corrected chi connectivity index (χ1v) is 8.01. The molecule has 0 aromatic heterocycles. The van der Waals surface area contributed by atoms with E-state index in [1.165, 1.54) is 4.90 Å². The van der Waals surface area contributed by atoms with Gasteiger partial charge in [0.1, 0.15) is 5.25 Å². The molecular formula is C10H8Br2FNO3S. The number of anilines is 1. The van der Waals surface area contributed by atoms with Crippen molar-refractivity contribution in [3.63, 3.8) is 0 Å². The van der Waals surface area contributed by atoms with Gasteiger partial charge in [-0.2, -0.15) is 8.42 Å². The van der Waals surface area contributed by atoms with Gasteiger partial charge in [-0.15, -0.1) is 3.89 Å². The first kappa shape index (κ1) is 14.0. The van der Waals surface area contributed by atoms with E-state index in [1.54, 1.807) is 18.2 Å². The first-order valence-electron chi connectivity index (χ1n) is 4.98. The fourth-order valence-corrected chi connectivity index (χ4v) is 3.27. The highest BCUT2D eigenvalue weighted by Gasteiger charge is 2.39. The third kappa shape index (κ3) is 2.75. The first-order chi connectivity index (χ1) is 8.29. The molecule has 0 radical (unpaired) electrons. The van der Waals surface area contributed by atoms with Crippen molar-refractivity contribution in [3.8, 4) is 0 Å². The summed E-state index contributed by atoms with van der Waals surface area (Å²) in [6.45, 7) is -0.160. The van der Waals surface area contributed by atoms with E-state index in [0.717, 1.165) is 4.47 Å². The van der Waals surface area contributed by atoms with Crippen LogP contribution in [0.25, 0.3) is 0 Å². The van der Waals surface area contributed by atoms with Gasteiger partial charge in [0, 0.05) is 21.9 Å². The molecule has 1 heterocycles. The molecule has 1 amide bonds. The summed E-state index contributed by atoms with van der Waals surface area (Å²) in [7, 11) is -4.69. The fourth-order valence-electron chi connectivity index (χ4n) is 1.79. The van der Waals surface area contributed by atoms with Crippen LogP contribution in [0.5, 0.6) is 0 Å². The third-order valence-electron chi connectivity index (χ3n) is 2.69. The number of carbonyl (C=O) groups is 1. The van der Waals surface area contributed by atoms with Crippen molar-refractivity contribution in [1.29, 1.82) is 0 Å². The summed E-state index contributed by atoms with van der Waals surface area (Å²) in [6.07, 6.45) is -0.322. The molecule has 1 aromatic carbocycles. The number of hydrogen-bond acceptors (Lipinski definition) is 3. The lowest BCUT2D eigenvalue weighted by Gasteiger charge is -2.18. The molecule has 0 saturated carbocycles. The van der Waals surface area contributed by atoms with E-state index in [2.05, 4.69) is 31.9 Å². The SMILES string of the molecule is O=C1CC(S(=O)(=O)F)CN1c1cc(Br)ccc1Br. The van der Waals surface area contributed by atoms with Gasteiger partial charge in [-0.05, 0) is 34.1 Å². The third-order valence-corrected chi connectivity index (χ3v) is 4.96. The van der Waals surface area contributed by atoms with Crippen molar-refractivity contribution in [2.45, 2.75) is 11.7 Å². The maximum Gasteiger partial charge on any atom is 0.307 e. The lowest BCUT2D eigenvalue weighted by Crippen LogP contribution is -2.27. The second kappa shape index (κ2) is 4.90. The molecule has 0 spiro atoms. The van der Waals surface area contributed by atoms with Crippen LogP contribution in [0.4, 0.5) is 9.57 Å². The van der Waals surface area contributed by atoms with Crippen molar-refractivity contribution in [2.24, 2.45) is 0 Å². The monoisotopic (exact) mass is 399 g/mol. The molecule has 1 saturated heterocycles. The van der Waals surface area contributed by atoms with Gasteiger partial charge in [0.25, 0.3) is 0 Å². The van der Waals surface area contributed by atoms with Gasteiger partial charge in [0.2, 0.25) is 5.91 Å². The zero-order valence-electron chi connectivity index (χ0n) is 8.94. The second-order valence-corrected chi connectivity index (χ2v) is 7.29. The summed E-state index contributed by atoms with van der Waals surface area (Å²) in [4.78, 5) is 13.0. The average molecular weight is 401 g/mol. The molecule has 1 unspecified atom stereocenters. The Morgan fingerprint density at radius 1 is 1.33 bits per heavy atom. The van der Waals surface area contributed by atoms with Crippen molar-refractivity contribution >= 4 is 53.7 Å². The minimum Gasteiger partial charge on any atom is -0.310 e. The summed E-state index contributed by atoms with van der Waals surface area (Å²) in [5, 5.41) is -1.28. The van der Waals surface area contributed by atoms with E-state index in [4.69, 9.17) is 0 Å². The van der Waals surface area contributed by atoms with Gasteiger partial charge in [0.15, 0.2) is 0 Å². The van der Waals surface area contributed by atoms with E-state index in [1.807, 2.05) is 0 Å². The highest BCUT2D eigenvalue weighted by molar-refractivity contribution is 9.11. The summed E-state index contributed by atoms with van der Waals surface area (Å²) in [6, 6.07) is 5.18. The van der Waals surface area contributed by atoms with Gasteiger partial charge >= 0.3 is 10.2 Å². The lowest BCUT2D eigenvalue weighted by atomic mass is 10.3. The molecule has 0 N–H and O–H groups in total. The average Bonchev–Trinajstić information content (AvgIpc) is 2.64. The maximum atomic E-state index is 12.9. The number of benzene rings is 1. The number of rotatable bonds is 2. The Kier molecular flexibility index (Phi) is 3.80. The second-order valence-electron chi connectivity index (χ2n) is 3.90. The van der Waals surface area contributed by atoms with Crippen LogP contribution in [0.3, 0.4) is 0 Å². The molecule has 4 nitrogen and oxygen atoms in total. The quantitative estimate of drug-likeness (QED) is 0.717. The standard InChI is InChI=1S/C10H8Br2FNO3S/c11-6-1-2-8(12)9(3-6)14-5-7(4-10(14)15)18(13,16)17/h1-3,7H,4-5H2. The van der Waals surface area contributed by atoms with Gasteiger partial charge in [0.05, 0.1) is 5.69 Å². The molecule has 1 fully saturated rings. The Morgan fingerprint density at radius 2 is 2.00 bits per heavy atom. The van der Waals surface area contributed by atoms with E-state index >= 15 is 0 Å². The van der Waals surface area contributed by atoms with Crippen LogP contribution in [0.15, 0.2) is 27.1 Å². The summed E-state index contributed by atoms with van der Waals surface area (Å²) < 4.78 is 36.0. The number of amides is 1. The minimum absolute atomic E-state index is 0.160. The van der Waals surface area contributed by atoms with Gasteiger partial charge in [-0.25, -0.2) is 0 Å². The van der Waals surface area contributed by atoms with Crippen LogP contribution < -0.4 is 4.90 Å². The molecule has 1 aliphatic heterocycles. The smallest absolute Gasteiger partial charge is 0.307 e. The van der Waals surface area contributed by atoms with E-state index < -0.39 is 21.4 Å². The molecule has 1 aromatic rings. The number of carbonyl (C=O) groups excluding carboxylic acids is 1. The van der Waals surface area contributed by atoms with Crippen LogP contribution in [-0.4, -0.2) is 26.1 Å². The molecule has 18 heavy (non-hydrogen) atoms. The molecule has 1 aliphatic rings. The molecule has 0 aliphatic carbocycles. The Labute approximate surface area is 121 Å². The zero-order chi connectivity index (χ0) is 13.5. The van der Waals surface area contributed by atoms with Crippen molar-refractivity contribution in [2.75, 3.05) is 11.4 Å². The van der Waals surface area contributed by atoms with Crippen LogP contribution in [0.1, 0.15) is 6.42 Å². The zero-order valence-corrected chi connectivity index (χ0v) is 12.9. The van der Waals surface area contributed by atoms with Crippen LogP contribution in [-0.2, 0) is 15.0 Å². The number of halogens is 3. The minimum atomic E-state index is -4.69. The number of nitrogens with zero attached hydrogens (tertiary/aromatic N) is 1. The largest absolute Gasteiger partial charge is 0.310 e. The van der Waals surface area contributed by atoms with Crippen LogP contribution in [0.2, 0.25) is 0 Å². The predicted molar refractivity (Wildman–Crippen MR) is 72.6 cm³/mol. The molecular weight excluding hydrogens is 393 g/mol. The topological polar surface area (TPSA) is 54.5 Å². The van der Waals surface area contributed by atoms with E-state index in [-0.39, 0.29) is 13.0 Å². The van der Waals surface area contributed by atoms with E-state index in [9.17, 15) is 17.1 Å². The number of hydrogen-bond donors (Lipinski definition) is 0. The molecule has 2 rings (SSSR count). The molecule has 1 atom stereocenters. The Morgan fingerprint density at radius 3 is 2.56 bits per heavy atom. The van der Waals surface area contributed by atoms with E-state index in [0.29, 0.717) is 10.2 Å². The lowest BCUT2D eigenvalue weighted by molar-refractivity contribution is -0.117. The maximum absolute atomic E-state index is 12.9. The molecule has 0 bridgehead atoms. The highest BCUT2D eigenvalue weighted by Crippen LogP contribution is 2.33. The van der Waals surface area contributed by atoms with Gasteiger partial charge < -0.3 is 4.90 Å². The fraction of sp³-hybridized carbons (Fsp3) is 0.300. The summed E-state index contributed by atoms with van der Waals surface area (Å²) >= 11 is 6.55. The normalized spacial score (nSPS) is 20.5.